The molecule has 1 heterocycles. The second kappa shape index (κ2) is 7.40. The molecule has 1 aromatic carbocycles. The van der Waals surface area contributed by atoms with E-state index < -0.39 is 11.5 Å². The molecule has 2 N–H and O–H groups in total. The largest absolute Gasteiger partial charge is 0.480 e. The second-order valence-electron chi connectivity index (χ2n) is 5.90. The molecule has 1 amide bonds. The first-order chi connectivity index (χ1) is 10.5. The third kappa shape index (κ3) is 4.07. The van der Waals surface area contributed by atoms with Gasteiger partial charge in [0.25, 0.3) is 0 Å². The topological polar surface area (TPSA) is 75.6 Å². The van der Waals surface area contributed by atoms with E-state index in [1.165, 1.54) is 5.56 Å². The number of benzene rings is 1. The molecular weight excluding hydrogens is 282 g/mol. The van der Waals surface area contributed by atoms with Crippen LogP contribution < -0.4 is 5.32 Å². The van der Waals surface area contributed by atoms with Gasteiger partial charge in [0.2, 0.25) is 5.91 Å². The number of hydrogen-bond acceptors (Lipinski definition) is 3. The molecule has 0 aromatic heterocycles. The van der Waals surface area contributed by atoms with Crippen LogP contribution in [0.4, 0.5) is 0 Å². The molecule has 1 aliphatic rings. The van der Waals surface area contributed by atoms with Gasteiger partial charge in [-0.1, -0.05) is 37.3 Å². The third-order valence-corrected chi connectivity index (χ3v) is 4.31. The van der Waals surface area contributed by atoms with Crippen molar-refractivity contribution in [2.45, 2.75) is 44.1 Å². The van der Waals surface area contributed by atoms with E-state index >= 15 is 0 Å². The Morgan fingerprint density at radius 3 is 2.50 bits per heavy atom. The van der Waals surface area contributed by atoms with Gasteiger partial charge >= 0.3 is 5.97 Å². The number of carboxylic acid groups (broad SMARTS) is 1. The highest BCUT2D eigenvalue weighted by Gasteiger charge is 2.41. The summed E-state index contributed by atoms with van der Waals surface area (Å²) in [5, 5.41) is 12.1. The summed E-state index contributed by atoms with van der Waals surface area (Å²) in [7, 11) is 0. The second-order valence-corrected chi connectivity index (χ2v) is 5.90. The summed E-state index contributed by atoms with van der Waals surface area (Å²) in [5.41, 5.74) is 0.0278. The molecule has 1 unspecified atom stereocenters. The summed E-state index contributed by atoms with van der Waals surface area (Å²) < 4.78 is 5.20. The Morgan fingerprint density at radius 2 is 1.91 bits per heavy atom. The van der Waals surface area contributed by atoms with Crippen LogP contribution in [0.2, 0.25) is 0 Å². The zero-order chi connectivity index (χ0) is 16.0. The maximum atomic E-state index is 12.1. The smallest absolute Gasteiger partial charge is 0.329 e. The average molecular weight is 305 g/mol. The number of carbonyl (C=O) groups excluding carboxylic acids is 1. The molecule has 0 spiro atoms. The van der Waals surface area contributed by atoms with Crippen molar-refractivity contribution < 1.29 is 19.4 Å². The lowest BCUT2D eigenvalue weighted by Gasteiger charge is -2.34. The SMILES string of the molecule is CC(CCC(=O)NC1(C(=O)O)CCOCC1)c1ccccc1. The summed E-state index contributed by atoms with van der Waals surface area (Å²) in [4.78, 5) is 23.6. The molecule has 120 valence electrons. The van der Waals surface area contributed by atoms with Crippen molar-refractivity contribution in [1.82, 2.24) is 5.32 Å². The maximum absolute atomic E-state index is 12.1. The Morgan fingerprint density at radius 1 is 1.27 bits per heavy atom. The molecule has 0 aliphatic carbocycles. The van der Waals surface area contributed by atoms with Crippen molar-refractivity contribution in [3.8, 4) is 0 Å². The predicted octanol–water partition coefficient (Wildman–Crippen LogP) is 2.32. The molecule has 2 rings (SSSR count). The van der Waals surface area contributed by atoms with E-state index in [0.717, 1.165) is 0 Å². The molecule has 5 nitrogen and oxygen atoms in total. The zero-order valence-corrected chi connectivity index (χ0v) is 12.9. The molecule has 5 heteroatoms. The van der Waals surface area contributed by atoms with E-state index in [1.54, 1.807) is 0 Å². The monoisotopic (exact) mass is 305 g/mol. The van der Waals surface area contributed by atoms with Crippen LogP contribution in [-0.2, 0) is 14.3 Å². The minimum absolute atomic E-state index is 0.202. The van der Waals surface area contributed by atoms with Gasteiger partial charge < -0.3 is 15.2 Å². The van der Waals surface area contributed by atoms with Crippen LogP contribution in [0.3, 0.4) is 0 Å². The van der Waals surface area contributed by atoms with Gasteiger partial charge in [0, 0.05) is 32.5 Å². The van der Waals surface area contributed by atoms with Gasteiger partial charge in [0.05, 0.1) is 0 Å². The van der Waals surface area contributed by atoms with Crippen molar-refractivity contribution in [3.05, 3.63) is 35.9 Å². The Kier molecular flexibility index (Phi) is 5.55. The lowest BCUT2D eigenvalue weighted by Crippen LogP contribution is -2.57. The molecule has 0 saturated carbocycles. The van der Waals surface area contributed by atoms with Crippen LogP contribution >= 0.6 is 0 Å². The predicted molar refractivity (Wildman–Crippen MR) is 82.7 cm³/mol. The van der Waals surface area contributed by atoms with E-state index in [-0.39, 0.29) is 11.8 Å². The van der Waals surface area contributed by atoms with Crippen LogP contribution in [0.1, 0.15) is 44.1 Å². The minimum atomic E-state index is -1.16. The first kappa shape index (κ1) is 16.5. The number of ether oxygens (including phenoxy) is 1. The van der Waals surface area contributed by atoms with Crippen LogP contribution in [0, 0.1) is 0 Å². The first-order valence-corrected chi connectivity index (χ1v) is 7.70. The molecule has 1 saturated heterocycles. The zero-order valence-electron chi connectivity index (χ0n) is 12.9. The average Bonchev–Trinajstić information content (AvgIpc) is 2.54. The van der Waals surface area contributed by atoms with Crippen LogP contribution in [0.15, 0.2) is 30.3 Å². The molecule has 1 fully saturated rings. The third-order valence-electron chi connectivity index (χ3n) is 4.31. The normalized spacial score (nSPS) is 18.4. The van der Waals surface area contributed by atoms with Crippen molar-refractivity contribution in [3.63, 3.8) is 0 Å². The lowest BCUT2D eigenvalue weighted by atomic mass is 9.89. The van der Waals surface area contributed by atoms with Crippen LogP contribution in [0.5, 0.6) is 0 Å². The number of carboxylic acids is 1. The highest BCUT2D eigenvalue weighted by molar-refractivity contribution is 5.87. The fourth-order valence-corrected chi connectivity index (χ4v) is 2.74. The van der Waals surface area contributed by atoms with E-state index in [9.17, 15) is 14.7 Å². The van der Waals surface area contributed by atoms with Gasteiger partial charge in [-0.3, -0.25) is 4.79 Å². The summed E-state index contributed by atoms with van der Waals surface area (Å²) in [6.45, 7) is 2.81. The van der Waals surface area contributed by atoms with E-state index in [2.05, 4.69) is 12.2 Å². The number of nitrogens with one attached hydrogen (secondary N) is 1. The first-order valence-electron chi connectivity index (χ1n) is 7.70. The fourth-order valence-electron chi connectivity index (χ4n) is 2.74. The Labute approximate surface area is 130 Å². The highest BCUT2D eigenvalue weighted by Crippen LogP contribution is 2.23. The number of carbonyl (C=O) groups is 2. The number of amides is 1. The van der Waals surface area contributed by atoms with Gasteiger partial charge in [-0.15, -0.1) is 0 Å². The molecule has 1 atom stereocenters. The van der Waals surface area contributed by atoms with Crippen molar-refractivity contribution in [1.29, 1.82) is 0 Å². The minimum Gasteiger partial charge on any atom is -0.480 e. The van der Waals surface area contributed by atoms with Crippen molar-refractivity contribution >= 4 is 11.9 Å². The van der Waals surface area contributed by atoms with Gasteiger partial charge in [-0.25, -0.2) is 4.79 Å². The maximum Gasteiger partial charge on any atom is 0.329 e. The molecule has 22 heavy (non-hydrogen) atoms. The Bertz CT molecular complexity index is 509. The lowest BCUT2D eigenvalue weighted by molar-refractivity contribution is -0.152. The van der Waals surface area contributed by atoms with E-state index in [0.29, 0.717) is 38.9 Å². The summed E-state index contributed by atoms with van der Waals surface area (Å²) in [6.07, 6.45) is 1.67. The molecular formula is C17H23NO4. The number of aliphatic carboxylic acids is 1. The molecule has 0 radical (unpaired) electrons. The molecule has 1 aromatic rings. The molecule has 0 bridgehead atoms. The number of rotatable bonds is 6. The Hall–Kier alpha value is -1.88. The van der Waals surface area contributed by atoms with Crippen molar-refractivity contribution in [2.24, 2.45) is 0 Å². The quantitative estimate of drug-likeness (QED) is 0.845. The summed E-state index contributed by atoms with van der Waals surface area (Å²) >= 11 is 0. The fraction of sp³-hybridized carbons (Fsp3) is 0.529. The van der Waals surface area contributed by atoms with Gasteiger partial charge in [-0.2, -0.15) is 0 Å². The van der Waals surface area contributed by atoms with E-state index in [4.69, 9.17) is 4.74 Å². The molecule has 1 aliphatic heterocycles. The Balaban J connectivity index is 1.88. The van der Waals surface area contributed by atoms with Crippen LogP contribution in [-0.4, -0.2) is 35.7 Å². The van der Waals surface area contributed by atoms with Crippen LogP contribution in [0.25, 0.3) is 0 Å². The van der Waals surface area contributed by atoms with Crippen molar-refractivity contribution in [2.75, 3.05) is 13.2 Å². The summed E-state index contributed by atoms with van der Waals surface area (Å²) in [5.74, 6) is -0.908. The van der Waals surface area contributed by atoms with Gasteiger partial charge in [0.15, 0.2) is 0 Å². The standard InChI is InChI=1S/C17H23NO4/c1-13(14-5-3-2-4-6-14)7-8-15(19)18-17(16(20)21)9-11-22-12-10-17/h2-6,13H,7-12H2,1H3,(H,18,19)(H,20,21). The van der Waals surface area contributed by atoms with E-state index in [1.807, 2.05) is 30.3 Å². The van der Waals surface area contributed by atoms with Gasteiger partial charge in [0.1, 0.15) is 5.54 Å². The highest BCUT2D eigenvalue weighted by atomic mass is 16.5. The van der Waals surface area contributed by atoms with Gasteiger partial charge in [-0.05, 0) is 17.9 Å². The summed E-state index contributed by atoms with van der Waals surface area (Å²) in [6, 6.07) is 10.0. The number of hydrogen-bond donors (Lipinski definition) is 2.